The third-order valence-corrected chi connectivity index (χ3v) is 4.12. The van der Waals surface area contributed by atoms with Crippen LogP contribution in [0.2, 0.25) is 0 Å². The second-order valence-corrected chi connectivity index (χ2v) is 5.92. The van der Waals surface area contributed by atoms with E-state index in [1.807, 2.05) is 24.3 Å². The molecule has 1 aliphatic rings. The monoisotopic (exact) mass is 361 g/mol. The molecule has 1 atom stereocenters. The molecule has 0 bridgehead atoms. The summed E-state index contributed by atoms with van der Waals surface area (Å²) >= 11 is 0. The van der Waals surface area contributed by atoms with Crippen molar-refractivity contribution in [3.63, 3.8) is 0 Å². The molecule has 2 aromatic rings. The molecule has 0 radical (unpaired) electrons. The third kappa shape index (κ3) is 4.17. The van der Waals surface area contributed by atoms with Crippen LogP contribution in [0.1, 0.15) is 18.1 Å². The van der Waals surface area contributed by atoms with Crippen molar-refractivity contribution in [3.05, 3.63) is 65.5 Å². The van der Waals surface area contributed by atoms with E-state index < -0.39 is 0 Å². The molecule has 0 aromatic heterocycles. The zero-order valence-electron chi connectivity index (χ0n) is 14.2. The van der Waals surface area contributed by atoms with Crippen LogP contribution < -0.4 is 4.74 Å². The van der Waals surface area contributed by atoms with Crippen LogP contribution in [-0.4, -0.2) is 30.2 Å². The lowest BCUT2D eigenvalue weighted by atomic mass is 9.98. The van der Waals surface area contributed by atoms with Gasteiger partial charge in [0.1, 0.15) is 17.4 Å². The average Bonchev–Trinajstić information content (AvgIpc) is 2.98. The Morgan fingerprint density at radius 2 is 1.92 bits per heavy atom. The number of para-hydroxylation sites is 1. The summed E-state index contributed by atoms with van der Waals surface area (Å²) in [5.41, 5.74) is 2.79. The summed E-state index contributed by atoms with van der Waals surface area (Å²) in [5, 5.41) is 14.7. The van der Waals surface area contributed by atoms with E-state index in [2.05, 4.69) is 12.0 Å². The first kappa shape index (κ1) is 18.9. The lowest BCUT2D eigenvalue weighted by Crippen LogP contribution is -2.26. The molecule has 132 valence electrons. The van der Waals surface area contributed by atoms with Gasteiger partial charge in [0.05, 0.1) is 19.4 Å². The van der Waals surface area contributed by atoms with Gasteiger partial charge in [0.15, 0.2) is 0 Å². The summed E-state index contributed by atoms with van der Waals surface area (Å²) in [4.78, 5) is 0. The van der Waals surface area contributed by atoms with E-state index in [4.69, 9.17) is 10.1 Å². The number of ether oxygens (including phenoxy) is 1. The van der Waals surface area contributed by atoms with Crippen LogP contribution in [0.15, 0.2) is 53.6 Å². The largest absolute Gasteiger partial charge is 0.496 e. The van der Waals surface area contributed by atoms with Crippen LogP contribution in [0.3, 0.4) is 0 Å². The molecule has 4 nitrogen and oxygen atoms in total. The van der Waals surface area contributed by atoms with E-state index >= 15 is 0 Å². The zero-order valence-corrected chi connectivity index (χ0v) is 15.0. The SMILES string of the molecule is COc1ccccc1C1=NN(C(=N)Cc2ccc(F)cc2)CC1C.Cl. The summed E-state index contributed by atoms with van der Waals surface area (Å²) in [5.74, 6) is 1.12. The summed E-state index contributed by atoms with van der Waals surface area (Å²) in [7, 11) is 1.65. The van der Waals surface area contributed by atoms with Gasteiger partial charge in [-0.25, -0.2) is 4.39 Å². The molecule has 1 unspecified atom stereocenters. The summed E-state index contributed by atoms with van der Waals surface area (Å²) in [6.45, 7) is 2.75. The summed E-state index contributed by atoms with van der Waals surface area (Å²) in [6, 6.07) is 14.0. The van der Waals surface area contributed by atoms with Crippen molar-refractivity contribution in [2.45, 2.75) is 13.3 Å². The van der Waals surface area contributed by atoms with Crippen molar-refractivity contribution in [2.75, 3.05) is 13.7 Å². The first-order chi connectivity index (χ1) is 11.6. The first-order valence-electron chi connectivity index (χ1n) is 7.89. The van der Waals surface area contributed by atoms with E-state index in [1.165, 1.54) is 12.1 Å². The molecule has 2 aromatic carbocycles. The Morgan fingerprint density at radius 1 is 1.24 bits per heavy atom. The van der Waals surface area contributed by atoms with E-state index in [1.54, 1.807) is 24.3 Å². The lowest BCUT2D eigenvalue weighted by molar-refractivity contribution is 0.413. The van der Waals surface area contributed by atoms with Crippen LogP contribution in [-0.2, 0) is 6.42 Å². The molecular weight excluding hydrogens is 341 g/mol. The van der Waals surface area contributed by atoms with Gasteiger partial charge in [-0.3, -0.25) is 10.4 Å². The Balaban J connectivity index is 0.00000225. The normalized spacial score (nSPS) is 16.2. The van der Waals surface area contributed by atoms with Crippen LogP contribution in [0.4, 0.5) is 4.39 Å². The fraction of sp³-hybridized carbons (Fsp3) is 0.263. The molecule has 25 heavy (non-hydrogen) atoms. The molecule has 1 N–H and O–H groups in total. The topological polar surface area (TPSA) is 48.7 Å². The summed E-state index contributed by atoms with van der Waals surface area (Å²) in [6.07, 6.45) is 0.426. The quantitative estimate of drug-likeness (QED) is 0.657. The van der Waals surface area contributed by atoms with Crippen LogP contribution >= 0.6 is 12.4 Å². The standard InChI is InChI=1S/C19H20FN3O.ClH/c1-13-12-23(18(21)11-14-7-9-15(20)10-8-14)22-19(13)16-5-3-4-6-17(16)24-2;/h3-10,13,21H,11-12H2,1-2H3;1H. The zero-order chi connectivity index (χ0) is 17.1. The number of hydrogen-bond donors (Lipinski definition) is 1. The number of methoxy groups -OCH3 is 1. The maximum atomic E-state index is 13.0. The van der Waals surface area contributed by atoms with Crippen LogP contribution in [0, 0.1) is 17.1 Å². The fourth-order valence-electron chi connectivity index (χ4n) is 2.85. The number of hydrogen-bond acceptors (Lipinski definition) is 3. The molecule has 1 heterocycles. The Bertz CT molecular complexity index is 776. The number of hydrazone groups is 1. The van der Waals surface area contributed by atoms with Crippen molar-refractivity contribution < 1.29 is 9.13 Å². The number of nitrogens with zero attached hydrogens (tertiary/aromatic N) is 2. The molecule has 0 saturated carbocycles. The first-order valence-corrected chi connectivity index (χ1v) is 7.89. The molecule has 0 fully saturated rings. The van der Waals surface area contributed by atoms with E-state index in [0.29, 0.717) is 18.8 Å². The molecule has 0 amide bonds. The second kappa shape index (κ2) is 8.12. The number of halogens is 2. The highest BCUT2D eigenvalue weighted by atomic mass is 35.5. The van der Waals surface area contributed by atoms with E-state index in [9.17, 15) is 4.39 Å². The predicted molar refractivity (Wildman–Crippen MR) is 100 cm³/mol. The van der Waals surface area contributed by atoms with Gasteiger partial charge in [-0.05, 0) is 29.8 Å². The molecule has 6 heteroatoms. The molecule has 3 rings (SSSR count). The van der Waals surface area contributed by atoms with Gasteiger partial charge in [-0.2, -0.15) is 5.10 Å². The highest BCUT2D eigenvalue weighted by Crippen LogP contribution is 2.26. The number of benzene rings is 2. The van der Waals surface area contributed by atoms with Gasteiger partial charge in [0, 0.05) is 17.9 Å². The Morgan fingerprint density at radius 3 is 2.60 bits per heavy atom. The lowest BCUT2D eigenvalue weighted by Gasteiger charge is -2.15. The maximum Gasteiger partial charge on any atom is 0.127 e. The van der Waals surface area contributed by atoms with Crippen LogP contribution in [0.5, 0.6) is 5.75 Å². The van der Waals surface area contributed by atoms with Gasteiger partial charge in [0.25, 0.3) is 0 Å². The van der Waals surface area contributed by atoms with Crippen molar-refractivity contribution in [2.24, 2.45) is 11.0 Å². The fourth-order valence-corrected chi connectivity index (χ4v) is 2.85. The van der Waals surface area contributed by atoms with Crippen molar-refractivity contribution >= 4 is 24.0 Å². The minimum Gasteiger partial charge on any atom is -0.496 e. The highest BCUT2D eigenvalue weighted by Gasteiger charge is 2.27. The second-order valence-electron chi connectivity index (χ2n) is 5.92. The van der Waals surface area contributed by atoms with Gasteiger partial charge in [-0.15, -0.1) is 12.4 Å². The highest BCUT2D eigenvalue weighted by molar-refractivity contribution is 6.06. The van der Waals surface area contributed by atoms with Gasteiger partial charge in [0.2, 0.25) is 0 Å². The van der Waals surface area contributed by atoms with Crippen LogP contribution in [0.25, 0.3) is 0 Å². The average molecular weight is 362 g/mol. The minimum atomic E-state index is -0.267. The minimum absolute atomic E-state index is 0. The summed E-state index contributed by atoms with van der Waals surface area (Å²) < 4.78 is 18.4. The number of nitrogens with one attached hydrogen (secondary N) is 1. The molecule has 0 spiro atoms. The van der Waals surface area contributed by atoms with Crippen molar-refractivity contribution in [3.8, 4) is 5.75 Å². The molecule has 0 aliphatic carbocycles. The van der Waals surface area contributed by atoms with Gasteiger partial charge in [-0.1, -0.05) is 31.2 Å². The Kier molecular flexibility index (Phi) is 6.15. The Hall–Kier alpha value is -2.40. The molecule has 1 aliphatic heterocycles. The third-order valence-electron chi connectivity index (χ3n) is 4.12. The smallest absolute Gasteiger partial charge is 0.127 e. The predicted octanol–water partition coefficient (Wildman–Crippen LogP) is 4.13. The number of rotatable bonds is 4. The number of amidine groups is 1. The Labute approximate surface area is 153 Å². The van der Waals surface area contributed by atoms with E-state index in [0.717, 1.165) is 22.6 Å². The molecular formula is C19H21ClFN3O. The maximum absolute atomic E-state index is 13.0. The van der Waals surface area contributed by atoms with Crippen molar-refractivity contribution in [1.82, 2.24) is 5.01 Å². The van der Waals surface area contributed by atoms with Gasteiger partial charge < -0.3 is 4.74 Å². The molecule has 0 saturated heterocycles. The van der Waals surface area contributed by atoms with Crippen molar-refractivity contribution in [1.29, 1.82) is 5.41 Å². The van der Waals surface area contributed by atoms with Gasteiger partial charge >= 0.3 is 0 Å². The van der Waals surface area contributed by atoms with E-state index in [-0.39, 0.29) is 24.1 Å².